The Balaban J connectivity index is 2.52. The molecule has 4 nitrogen and oxygen atoms in total. The highest BCUT2D eigenvalue weighted by Gasteiger charge is 2.27. The normalized spacial score (nSPS) is 15.2. The van der Waals surface area contributed by atoms with Crippen LogP contribution in [0, 0.1) is 0 Å². The van der Waals surface area contributed by atoms with Crippen LogP contribution in [0.15, 0.2) is 18.2 Å². The minimum Gasteiger partial charge on any atom is -0.478 e. The lowest BCUT2D eigenvalue weighted by Gasteiger charge is -2.21. The number of carboxylic acids is 1. The van der Waals surface area contributed by atoms with Gasteiger partial charge in [0.25, 0.3) is 0 Å². The molecular formula is C14H17NO3. The molecule has 0 aliphatic carbocycles. The molecule has 0 aromatic heterocycles. The molecule has 4 heteroatoms. The second-order valence-electron chi connectivity index (χ2n) is 4.52. The number of anilines is 1. The molecule has 1 heterocycles. The molecule has 0 bridgehead atoms. The van der Waals surface area contributed by atoms with Gasteiger partial charge in [-0.05, 0) is 24.5 Å². The first kappa shape index (κ1) is 12.6. The van der Waals surface area contributed by atoms with Gasteiger partial charge in [-0.15, -0.1) is 0 Å². The van der Waals surface area contributed by atoms with E-state index in [9.17, 15) is 14.7 Å². The van der Waals surface area contributed by atoms with Crippen LogP contribution in [0.4, 0.5) is 5.69 Å². The van der Waals surface area contributed by atoms with Crippen LogP contribution in [-0.4, -0.2) is 23.5 Å². The molecule has 96 valence electrons. The molecule has 1 aromatic carbocycles. The lowest BCUT2D eigenvalue weighted by atomic mass is 10.0. The zero-order valence-corrected chi connectivity index (χ0v) is 10.5. The average Bonchev–Trinajstić information content (AvgIpc) is 2.75. The fourth-order valence-corrected chi connectivity index (χ4v) is 2.44. The summed E-state index contributed by atoms with van der Waals surface area (Å²) in [7, 11) is 0. The topological polar surface area (TPSA) is 57.6 Å². The Morgan fingerprint density at radius 1 is 1.44 bits per heavy atom. The van der Waals surface area contributed by atoms with Gasteiger partial charge in [0.15, 0.2) is 0 Å². The number of rotatable bonds is 4. The lowest BCUT2D eigenvalue weighted by molar-refractivity contribution is -0.117. The second kappa shape index (κ2) is 5.21. The summed E-state index contributed by atoms with van der Waals surface area (Å²) < 4.78 is 0. The number of carbonyl (C=O) groups is 2. The number of nitrogens with zero attached hydrogens (tertiary/aromatic N) is 1. The van der Waals surface area contributed by atoms with Crippen molar-refractivity contribution in [3.8, 4) is 0 Å². The monoisotopic (exact) mass is 247 g/mol. The first-order valence-corrected chi connectivity index (χ1v) is 6.30. The van der Waals surface area contributed by atoms with Gasteiger partial charge < -0.3 is 10.0 Å². The van der Waals surface area contributed by atoms with E-state index in [0.717, 1.165) is 24.8 Å². The van der Waals surface area contributed by atoms with Crippen molar-refractivity contribution in [1.82, 2.24) is 0 Å². The van der Waals surface area contributed by atoms with Crippen molar-refractivity contribution >= 4 is 17.6 Å². The molecule has 2 rings (SSSR count). The fraction of sp³-hybridized carbons (Fsp3) is 0.429. The first-order valence-electron chi connectivity index (χ1n) is 6.30. The van der Waals surface area contributed by atoms with Gasteiger partial charge in [-0.3, -0.25) is 4.79 Å². The predicted octanol–water partition coefficient (Wildman–Crippen LogP) is 2.46. The van der Waals surface area contributed by atoms with Crippen LogP contribution in [0.25, 0.3) is 0 Å². The van der Waals surface area contributed by atoms with E-state index in [1.165, 1.54) is 0 Å². The number of aromatic carboxylic acids is 1. The van der Waals surface area contributed by atoms with Crippen LogP contribution in [0.5, 0.6) is 0 Å². The number of amides is 1. The molecular weight excluding hydrogens is 230 g/mol. The van der Waals surface area contributed by atoms with Crippen LogP contribution in [-0.2, 0) is 11.2 Å². The first-order chi connectivity index (χ1) is 8.65. The van der Waals surface area contributed by atoms with Crippen molar-refractivity contribution < 1.29 is 14.7 Å². The van der Waals surface area contributed by atoms with E-state index < -0.39 is 5.97 Å². The number of carboxylic acid groups (broad SMARTS) is 1. The molecule has 1 saturated heterocycles. The summed E-state index contributed by atoms with van der Waals surface area (Å²) in [4.78, 5) is 24.8. The summed E-state index contributed by atoms with van der Waals surface area (Å²) in [6.07, 6.45) is 3.04. The summed E-state index contributed by atoms with van der Waals surface area (Å²) in [5, 5.41) is 9.27. The van der Waals surface area contributed by atoms with Crippen molar-refractivity contribution in [2.45, 2.75) is 32.6 Å². The maximum absolute atomic E-state index is 11.8. The van der Waals surface area contributed by atoms with Gasteiger partial charge in [-0.25, -0.2) is 4.79 Å². The zero-order chi connectivity index (χ0) is 13.1. The molecule has 18 heavy (non-hydrogen) atoms. The second-order valence-corrected chi connectivity index (χ2v) is 4.52. The van der Waals surface area contributed by atoms with Crippen molar-refractivity contribution in [2.75, 3.05) is 11.4 Å². The lowest BCUT2D eigenvalue weighted by Crippen LogP contribution is -2.27. The third kappa shape index (κ3) is 2.23. The molecule has 0 saturated carbocycles. The van der Waals surface area contributed by atoms with Gasteiger partial charge in [0, 0.05) is 13.0 Å². The third-order valence-corrected chi connectivity index (χ3v) is 3.21. The number of hydrogen-bond acceptors (Lipinski definition) is 2. The van der Waals surface area contributed by atoms with Gasteiger partial charge >= 0.3 is 5.97 Å². The van der Waals surface area contributed by atoms with E-state index >= 15 is 0 Å². The number of hydrogen-bond donors (Lipinski definition) is 1. The van der Waals surface area contributed by atoms with Gasteiger partial charge in [0.05, 0.1) is 11.3 Å². The minimum atomic E-state index is -0.970. The van der Waals surface area contributed by atoms with Crippen molar-refractivity contribution in [3.63, 3.8) is 0 Å². The molecule has 0 radical (unpaired) electrons. The summed E-state index contributed by atoms with van der Waals surface area (Å²) in [6, 6.07) is 5.23. The minimum absolute atomic E-state index is 0.0288. The smallest absolute Gasteiger partial charge is 0.337 e. The molecule has 0 unspecified atom stereocenters. The van der Waals surface area contributed by atoms with E-state index in [-0.39, 0.29) is 11.5 Å². The molecule has 1 amide bonds. The third-order valence-electron chi connectivity index (χ3n) is 3.21. The Kier molecular flexibility index (Phi) is 3.65. The molecule has 1 fully saturated rings. The van der Waals surface area contributed by atoms with E-state index in [4.69, 9.17) is 0 Å². The van der Waals surface area contributed by atoms with Crippen LogP contribution in [0.3, 0.4) is 0 Å². The average molecular weight is 247 g/mol. The van der Waals surface area contributed by atoms with Crippen molar-refractivity contribution in [2.24, 2.45) is 0 Å². The van der Waals surface area contributed by atoms with E-state index in [1.54, 1.807) is 17.0 Å². The number of para-hydroxylation sites is 1. The summed E-state index contributed by atoms with van der Waals surface area (Å²) >= 11 is 0. The molecule has 0 spiro atoms. The van der Waals surface area contributed by atoms with Crippen LogP contribution in [0.1, 0.15) is 42.1 Å². The number of carbonyl (C=O) groups excluding carboxylic acids is 1. The molecule has 1 aliphatic heterocycles. The van der Waals surface area contributed by atoms with E-state index in [1.807, 2.05) is 13.0 Å². The molecule has 1 aromatic rings. The highest BCUT2D eigenvalue weighted by atomic mass is 16.4. The molecule has 0 atom stereocenters. The number of aryl methyl sites for hydroxylation is 1. The van der Waals surface area contributed by atoms with E-state index in [2.05, 4.69) is 0 Å². The van der Waals surface area contributed by atoms with Gasteiger partial charge in [0.1, 0.15) is 0 Å². The number of benzene rings is 1. The Bertz CT molecular complexity index is 482. The molecule has 1 aliphatic rings. The predicted molar refractivity (Wildman–Crippen MR) is 69.0 cm³/mol. The summed E-state index contributed by atoms with van der Waals surface area (Å²) in [6.45, 7) is 2.67. The van der Waals surface area contributed by atoms with Crippen LogP contribution >= 0.6 is 0 Å². The van der Waals surface area contributed by atoms with Crippen molar-refractivity contribution in [1.29, 1.82) is 0 Å². The van der Waals surface area contributed by atoms with Gasteiger partial charge in [-0.2, -0.15) is 0 Å². The quantitative estimate of drug-likeness (QED) is 0.889. The summed E-state index contributed by atoms with van der Waals surface area (Å²) in [5.41, 5.74) is 1.79. The van der Waals surface area contributed by atoms with Crippen molar-refractivity contribution in [3.05, 3.63) is 29.3 Å². The Morgan fingerprint density at radius 3 is 2.78 bits per heavy atom. The Hall–Kier alpha value is -1.84. The Morgan fingerprint density at radius 2 is 2.22 bits per heavy atom. The molecule has 1 N–H and O–H groups in total. The summed E-state index contributed by atoms with van der Waals surface area (Å²) in [5.74, 6) is -0.941. The zero-order valence-electron chi connectivity index (χ0n) is 10.5. The van der Waals surface area contributed by atoms with Crippen LogP contribution < -0.4 is 4.90 Å². The highest BCUT2D eigenvalue weighted by Crippen LogP contribution is 2.30. The van der Waals surface area contributed by atoms with Crippen LogP contribution in [0.2, 0.25) is 0 Å². The standard InChI is InChI=1S/C14H17NO3/c1-2-5-10-6-3-7-11(14(17)18)13(10)15-9-4-8-12(15)16/h3,6-7H,2,4-5,8-9H2,1H3,(H,17,18). The highest BCUT2D eigenvalue weighted by molar-refractivity contribution is 6.03. The van der Waals surface area contributed by atoms with Gasteiger partial charge in [0.2, 0.25) is 5.91 Å². The maximum atomic E-state index is 11.8. The van der Waals surface area contributed by atoms with Gasteiger partial charge in [-0.1, -0.05) is 25.5 Å². The van der Waals surface area contributed by atoms with E-state index in [0.29, 0.717) is 18.7 Å². The fourth-order valence-electron chi connectivity index (χ4n) is 2.44. The SMILES string of the molecule is CCCc1cccc(C(=O)O)c1N1CCCC1=O. The Labute approximate surface area is 106 Å². The maximum Gasteiger partial charge on any atom is 0.337 e. The largest absolute Gasteiger partial charge is 0.478 e.